The van der Waals surface area contributed by atoms with Crippen LogP contribution in [0.2, 0.25) is 0 Å². The number of fused-ring (bicyclic) bond motifs is 4. The molecule has 2 aromatic heterocycles. The van der Waals surface area contributed by atoms with E-state index in [0.717, 1.165) is 50.2 Å². The average Bonchev–Trinajstić information content (AvgIpc) is 3.67. The summed E-state index contributed by atoms with van der Waals surface area (Å²) in [5.74, 6) is 0.640. The molecule has 4 heteroatoms. The number of phenols is 1. The minimum atomic E-state index is -2.29. The van der Waals surface area contributed by atoms with Gasteiger partial charge in [0, 0.05) is 32.4 Å². The number of aromatic hydroxyl groups is 1. The molecule has 1 aliphatic carbocycles. The van der Waals surface area contributed by atoms with Crippen LogP contribution in [0.1, 0.15) is 34.7 Å². The van der Waals surface area contributed by atoms with Crippen LogP contribution in [-0.2, 0) is 5.41 Å². The van der Waals surface area contributed by atoms with Crippen LogP contribution >= 0.6 is 0 Å². The minimum Gasteiger partial charge on any atom is -0.507 e. The van der Waals surface area contributed by atoms with E-state index in [2.05, 4.69) is 62.4 Å². The Hall–Kier alpha value is -6.26. The molecule has 8 aromatic rings. The molecule has 0 radical (unpaired) electrons. The Morgan fingerprint density at radius 2 is 1.36 bits per heavy atom. The van der Waals surface area contributed by atoms with Crippen molar-refractivity contribution < 1.29 is 9.22 Å². The number of nitrogens with zero attached hydrogens (tertiary/aromatic N) is 3. The summed E-state index contributed by atoms with van der Waals surface area (Å²) in [6, 6.07) is 47.6. The van der Waals surface area contributed by atoms with Crippen molar-refractivity contribution in [3.05, 3.63) is 168 Å². The molecule has 0 saturated carbocycles. The SMILES string of the molecule is [2H]C([2H])([2H])c1ccc(-n2c(-c3ccccc3O)nc3c(-c4cc(-c5ccccn5)c5c(c4)-c4ccccc4C5(C)C)cccc32)c(-c2ccccc2)c1. The van der Waals surface area contributed by atoms with Crippen molar-refractivity contribution in [2.75, 3.05) is 0 Å². The second-order valence-corrected chi connectivity index (χ2v) is 13.4. The predicted octanol–water partition coefficient (Wildman–Crippen LogP) is 11.4. The lowest BCUT2D eigenvalue weighted by Crippen LogP contribution is -2.16. The second kappa shape index (κ2) is 11.4. The molecule has 2 heterocycles. The van der Waals surface area contributed by atoms with Gasteiger partial charge in [0.2, 0.25) is 0 Å². The quantitative estimate of drug-likeness (QED) is 0.202. The maximum Gasteiger partial charge on any atom is 0.149 e. The number of para-hydroxylation sites is 2. The number of hydrogen-bond donors (Lipinski definition) is 1. The van der Waals surface area contributed by atoms with E-state index in [9.17, 15) is 5.11 Å². The predicted molar refractivity (Wildman–Crippen MR) is 205 cm³/mol. The van der Waals surface area contributed by atoms with E-state index in [1.165, 1.54) is 22.3 Å². The van der Waals surface area contributed by atoms with Crippen LogP contribution in [0.5, 0.6) is 5.75 Å². The minimum absolute atomic E-state index is 0.0970. The van der Waals surface area contributed by atoms with E-state index < -0.39 is 6.85 Å². The van der Waals surface area contributed by atoms with Crippen LogP contribution in [0.4, 0.5) is 0 Å². The molecule has 50 heavy (non-hydrogen) atoms. The van der Waals surface area contributed by atoms with Crippen LogP contribution in [-0.4, -0.2) is 19.6 Å². The number of imidazole rings is 1. The average molecular weight is 649 g/mol. The van der Waals surface area contributed by atoms with Gasteiger partial charge in [-0.05, 0) is 94.8 Å². The fourth-order valence-electron chi connectivity index (χ4n) is 7.80. The third-order valence-corrected chi connectivity index (χ3v) is 10.1. The van der Waals surface area contributed by atoms with Gasteiger partial charge in [0.1, 0.15) is 11.6 Å². The highest BCUT2D eigenvalue weighted by Crippen LogP contribution is 2.53. The lowest BCUT2D eigenvalue weighted by molar-refractivity contribution is 0.477. The molecule has 240 valence electrons. The molecule has 0 fully saturated rings. The molecule has 9 rings (SSSR count). The topological polar surface area (TPSA) is 50.9 Å². The van der Waals surface area contributed by atoms with Gasteiger partial charge in [0.15, 0.2) is 0 Å². The van der Waals surface area contributed by atoms with Gasteiger partial charge < -0.3 is 5.11 Å². The van der Waals surface area contributed by atoms with Crippen LogP contribution in [0.3, 0.4) is 0 Å². The number of aryl methyl sites for hydroxylation is 1. The van der Waals surface area contributed by atoms with E-state index in [1.807, 2.05) is 83.6 Å². The smallest absolute Gasteiger partial charge is 0.149 e. The first-order valence-electron chi connectivity index (χ1n) is 18.3. The van der Waals surface area contributed by atoms with Crippen LogP contribution in [0.25, 0.3) is 72.7 Å². The fourth-order valence-corrected chi connectivity index (χ4v) is 7.80. The first-order valence-corrected chi connectivity index (χ1v) is 16.8. The molecule has 1 N–H and O–H groups in total. The highest BCUT2D eigenvalue weighted by atomic mass is 16.3. The Labute approximate surface area is 296 Å². The van der Waals surface area contributed by atoms with Crippen molar-refractivity contribution in [2.45, 2.75) is 26.1 Å². The molecular weight excluding hydrogens is 611 g/mol. The van der Waals surface area contributed by atoms with Gasteiger partial charge in [0.25, 0.3) is 0 Å². The largest absolute Gasteiger partial charge is 0.507 e. The number of phenolic OH excluding ortho intramolecular Hbond substituents is 1. The van der Waals surface area contributed by atoms with Gasteiger partial charge in [0.05, 0.1) is 28.0 Å². The van der Waals surface area contributed by atoms with Crippen LogP contribution in [0.15, 0.2) is 152 Å². The summed E-state index contributed by atoms with van der Waals surface area (Å²) in [6.07, 6.45) is 1.84. The zero-order valence-corrected chi connectivity index (χ0v) is 27.7. The zero-order valence-electron chi connectivity index (χ0n) is 30.7. The number of pyridine rings is 1. The molecule has 0 aliphatic heterocycles. The van der Waals surface area contributed by atoms with Crippen molar-refractivity contribution in [2.24, 2.45) is 0 Å². The van der Waals surface area contributed by atoms with Crippen molar-refractivity contribution in [1.82, 2.24) is 14.5 Å². The maximum absolute atomic E-state index is 11.3. The number of hydrogen-bond acceptors (Lipinski definition) is 3. The first kappa shape index (κ1) is 26.7. The van der Waals surface area contributed by atoms with Crippen LogP contribution < -0.4 is 0 Å². The van der Waals surface area contributed by atoms with Crippen molar-refractivity contribution in [3.8, 4) is 67.5 Å². The summed E-state index contributed by atoms with van der Waals surface area (Å²) in [5.41, 5.74) is 13.3. The molecule has 0 amide bonds. The van der Waals surface area contributed by atoms with E-state index in [-0.39, 0.29) is 16.7 Å². The summed E-state index contributed by atoms with van der Waals surface area (Å²) in [7, 11) is 0. The molecule has 0 spiro atoms. The Kier molecular flexibility index (Phi) is 6.09. The summed E-state index contributed by atoms with van der Waals surface area (Å²) in [5, 5.41) is 11.3. The third kappa shape index (κ3) is 4.60. The van der Waals surface area contributed by atoms with Gasteiger partial charge in [-0.2, -0.15) is 0 Å². The zero-order chi connectivity index (χ0) is 36.5. The second-order valence-electron chi connectivity index (χ2n) is 13.4. The van der Waals surface area contributed by atoms with Gasteiger partial charge in [-0.25, -0.2) is 4.98 Å². The lowest BCUT2D eigenvalue weighted by Gasteiger charge is -2.25. The Balaban J connectivity index is 1.36. The molecular formula is C46H35N3O. The molecule has 0 unspecified atom stereocenters. The standard InChI is InChI=1S/C46H35N3O/c1-29-23-24-40(35(26-29)30-14-5-4-6-15-30)49-41-21-13-18-32(44(41)48-45(49)34-17-8-10-22-42(34)50)31-27-36-33-16-7-9-19-38(33)46(2,3)43(36)37(28-31)39-20-11-12-25-47-39/h4-28,50H,1-3H3/i1D3. The Morgan fingerprint density at radius 1 is 0.620 bits per heavy atom. The van der Waals surface area contributed by atoms with Crippen molar-refractivity contribution >= 4 is 11.0 Å². The van der Waals surface area contributed by atoms with E-state index >= 15 is 0 Å². The summed E-state index contributed by atoms with van der Waals surface area (Å²) in [6.45, 7) is 2.28. The van der Waals surface area contributed by atoms with E-state index in [4.69, 9.17) is 14.1 Å². The van der Waals surface area contributed by atoms with Gasteiger partial charge in [-0.15, -0.1) is 0 Å². The monoisotopic (exact) mass is 648 g/mol. The summed E-state index contributed by atoms with van der Waals surface area (Å²) in [4.78, 5) is 10.2. The molecule has 6 aromatic carbocycles. The van der Waals surface area contributed by atoms with Crippen molar-refractivity contribution in [3.63, 3.8) is 0 Å². The number of benzene rings is 6. The summed E-state index contributed by atoms with van der Waals surface area (Å²) >= 11 is 0. The molecule has 0 saturated heterocycles. The van der Waals surface area contributed by atoms with E-state index in [0.29, 0.717) is 11.4 Å². The fraction of sp³-hybridized carbons (Fsp3) is 0.0870. The van der Waals surface area contributed by atoms with Gasteiger partial charge in [-0.3, -0.25) is 9.55 Å². The summed E-state index contributed by atoms with van der Waals surface area (Å²) < 4.78 is 26.7. The highest BCUT2D eigenvalue weighted by molar-refractivity contribution is 6.00. The number of aromatic nitrogens is 3. The normalized spacial score (nSPS) is 14.1. The third-order valence-electron chi connectivity index (χ3n) is 10.1. The lowest BCUT2D eigenvalue weighted by atomic mass is 9.78. The molecule has 1 aliphatic rings. The maximum atomic E-state index is 11.3. The van der Waals surface area contributed by atoms with Gasteiger partial charge >= 0.3 is 0 Å². The van der Waals surface area contributed by atoms with Crippen LogP contribution in [0, 0.1) is 6.85 Å². The molecule has 4 nitrogen and oxygen atoms in total. The van der Waals surface area contributed by atoms with E-state index in [1.54, 1.807) is 24.3 Å². The first-order chi connectivity index (χ1) is 25.6. The Morgan fingerprint density at radius 3 is 2.16 bits per heavy atom. The molecule has 0 bridgehead atoms. The van der Waals surface area contributed by atoms with Crippen molar-refractivity contribution in [1.29, 1.82) is 0 Å². The Bertz CT molecular complexity index is 2700. The molecule has 0 atom stereocenters. The highest BCUT2D eigenvalue weighted by Gasteiger charge is 2.38. The number of rotatable bonds is 5. The van der Waals surface area contributed by atoms with Gasteiger partial charge in [-0.1, -0.05) is 110 Å².